The Labute approximate surface area is 195 Å². The number of ether oxygens (including phenoxy) is 4. The van der Waals surface area contributed by atoms with E-state index in [1.807, 2.05) is 0 Å². The maximum absolute atomic E-state index is 12.3. The summed E-state index contributed by atoms with van der Waals surface area (Å²) in [5, 5.41) is 5.15. The molecular formula is C22H26N2O8S. The lowest BCUT2D eigenvalue weighted by Gasteiger charge is -2.09. The largest absolute Gasteiger partial charge is 0.497 e. The number of methoxy groups -OCH3 is 1. The highest BCUT2D eigenvalue weighted by atomic mass is 32.1. The Kier molecular flexibility index (Phi) is 9.67. The number of nitrogens with one attached hydrogen (secondary N) is 2. The van der Waals surface area contributed by atoms with Crippen molar-refractivity contribution in [2.24, 2.45) is 0 Å². The Balaban J connectivity index is 1.90. The van der Waals surface area contributed by atoms with Crippen molar-refractivity contribution in [1.82, 2.24) is 5.32 Å². The van der Waals surface area contributed by atoms with Gasteiger partial charge in [-0.2, -0.15) is 0 Å². The first-order valence-electron chi connectivity index (χ1n) is 10.1. The zero-order chi connectivity index (χ0) is 24.4. The third-order valence-electron chi connectivity index (χ3n) is 4.31. The van der Waals surface area contributed by atoms with Gasteiger partial charge in [-0.25, -0.2) is 4.79 Å². The van der Waals surface area contributed by atoms with Gasteiger partial charge in [0.2, 0.25) is 0 Å². The second-order valence-corrected chi connectivity index (χ2v) is 7.56. The fourth-order valence-electron chi connectivity index (χ4n) is 2.69. The zero-order valence-electron chi connectivity index (χ0n) is 18.8. The third kappa shape index (κ3) is 7.21. The molecule has 0 atom stereocenters. The minimum Gasteiger partial charge on any atom is -0.497 e. The predicted octanol–water partition coefficient (Wildman–Crippen LogP) is 2.55. The Morgan fingerprint density at radius 3 is 2.30 bits per heavy atom. The van der Waals surface area contributed by atoms with Gasteiger partial charge in [0.05, 0.1) is 37.2 Å². The van der Waals surface area contributed by atoms with Gasteiger partial charge in [0.15, 0.2) is 6.61 Å². The molecule has 0 spiro atoms. The number of hydrogen-bond donors (Lipinski definition) is 2. The second-order valence-electron chi connectivity index (χ2n) is 6.54. The third-order valence-corrected chi connectivity index (χ3v) is 5.52. The number of rotatable bonds is 11. The molecule has 0 aliphatic heterocycles. The van der Waals surface area contributed by atoms with Gasteiger partial charge in [-0.15, -0.1) is 11.3 Å². The Hall–Kier alpha value is -3.60. The summed E-state index contributed by atoms with van der Waals surface area (Å²) in [4.78, 5) is 48.9. The molecule has 11 heteroatoms. The SMILES string of the molecule is CCOC(=O)c1c(NC(=O)COC(=O)CCOc2ccc(OC)cc2)sc(C(=O)NC)c1C. The molecule has 1 heterocycles. The van der Waals surface area contributed by atoms with Crippen molar-refractivity contribution in [2.45, 2.75) is 20.3 Å². The summed E-state index contributed by atoms with van der Waals surface area (Å²) in [7, 11) is 3.02. The highest BCUT2D eigenvalue weighted by molar-refractivity contribution is 7.18. The minimum absolute atomic E-state index is 0.0632. The first kappa shape index (κ1) is 25.7. The molecule has 0 radical (unpaired) electrons. The molecule has 33 heavy (non-hydrogen) atoms. The van der Waals surface area contributed by atoms with Crippen LogP contribution in [-0.2, 0) is 19.1 Å². The lowest BCUT2D eigenvalue weighted by Crippen LogP contribution is -2.22. The zero-order valence-corrected chi connectivity index (χ0v) is 19.6. The molecule has 2 amide bonds. The van der Waals surface area contributed by atoms with E-state index >= 15 is 0 Å². The summed E-state index contributed by atoms with van der Waals surface area (Å²) in [6, 6.07) is 6.86. The summed E-state index contributed by atoms with van der Waals surface area (Å²) >= 11 is 0.935. The van der Waals surface area contributed by atoms with Gasteiger partial charge >= 0.3 is 11.9 Å². The number of thiophene rings is 1. The van der Waals surface area contributed by atoms with Gasteiger partial charge < -0.3 is 29.6 Å². The predicted molar refractivity (Wildman–Crippen MR) is 121 cm³/mol. The first-order chi connectivity index (χ1) is 15.8. The molecule has 0 aliphatic carbocycles. The second kappa shape index (κ2) is 12.4. The molecular weight excluding hydrogens is 452 g/mol. The molecule has 178 valence electrons. The monoisotopic (exact) mass is 478 g/mol. The van der Waals surface area contributed by atoms with E-state index in [1.165, 1.54) is 7.05 Å². The molecule has 10 nitrogen and oxygen atoms in total. The van der Waals surface area contributed by atoms with Gasteiger partial charge in [0.25, 0.3) is 11.8 Å². The number of hydrogen-bond acceptors (Lipinski definition) is 9. The van der Waals surface area contributed by atoms with Crippen molar-refractivity contribution in [3.05, 3.63) is 40.3 Å². The average Bonchev–Trinajstić information content (AvgIpc) is 3.13. The van der Waals surface area contributed by atoms with Crippen molar-refractivity contribution in [3.63, 3.8) is 0 Å². The van der Waals surface area contributed by atoms with E-state index in [0.29, 0.717) is 17.1 Å². The standard InChI is InChI=1S/C22H26N2O8S/c1-5-30-22(28)18-13(2)19(20(27)23-3)33-21(18)24-16(25)12-32-17(26)10-11-31-15-8-6-14(29-4)7-9-15/h6-9H,5,10-12H2,1-4H3,(H,23,27)(H,24,25). The van der Waals surface area contributed by atoms with Crippen LogP contribution in [0, 0.1) is 6.92 Å². The van der Waals surface area contributed by atoms with E-state index < -0.39 is 30.4 Å². The number of anilines is 1. The average molecular weight is 479 g/mol. The van der Waals surface area contributed by atoms with E-state index in [4.69, 9.17) is 18.9 Å². The maximum Gasteiger partial charge on any atom is 0.341 e. The highest BCUT2D eigenvalue weighted by Crippen LogP contribution is 2.33. The van der Waals surface area contributed by atoms with Crippen molar-refractivity contribution < 1.29 is 38.1 Å². The van der Waals surface area contributed by atoms with Crippen molar-refractivity contribution in [3.8, 4) is 11.5 Å². The summed E-state index contributed by atoms with van der Waals surface area (Å²) in [6.45, 7) is 2.88. The molecule has 0 saturated carbocycles. The summed E-state index contributed by atoms with van der Waals surface area (Å²) in [5.41, 5.74) is 0.480. The van der Waals surface area contributed by atoms with Crippen LogP contribution in [0.1, 0.15) is 38.9 Å². The number of esters is 2. The lowest BCUT2D eigenvalue weighted by molar-refractivity contribution is -0.147. The van der Waals surface area contributed by atoms with Crippen molar-refractivity contribution in [2.75, 3.05) is 39.3 Å². The van der Waals surface area contributed by atoms with E-state index in [-0.39, 0.29) is 35.1 Å². The highest BCUT2D eigenvalue weighted by Gasteiger charge is 2.26. The topological polar surface area (TPSA) is 129 Å². The number of amides is 2. The van der Waals surface area contributed by atoms with Gasteiger partial charge in [0, 0.05) is 7.05 Å². The minimum atomic E-state index is -0.663. The van der Waals surface area contributed by atoms with E-state index in [1.54, 1.807) is 45.2 Å². The van der Waals surface area contributed by atoms with Crippen LogP contribution in [0.4, 0.5) is 5.00 Å². The van der Waals surface area contributed by atoms with Crippen LogP contribution < -0.4 is 20.1 Å². The number of carbonyl (C=O) groups excluding carboxylic acids is 4. The Morgan fingerprint density at radius 2 is 1.70 bits per heavy atom. The summed E-state index contributed by atoms with van der Waals surface area (Å²) in [6.07, 6.45) is -0.0632. The van der Waals surface area contributed by atoms with Crippen LogP contribution in [0.25, 0.3) is 0 Å². The van der Waals surface area contributed by atoms with Crippen LogP contribution in [0.3, 0.4) is 0 Å². The summed E-state index contributed by atoms with van der Waals surface area (Å²) < 4.78 is 20.5. The molecule has 1 aromatic carbocycles. The molecule has 1 aromatic heterocycles. The molecule has 0 saturated heterocycles. The van der Waals surface area contributed by atoms with Gasteiger partial charge in [-0.1, -0.05) is 0 Å². The van der Waals surface area contributed by atoms with Crippen LogP contribution in [0.5, 0.6) is 11.5 Å². The van der Waals surface area contributed by atoms with Crippen molar-refractivity contribution >= 4 is 40.1 Å². The van der Waals surface area contributed by atoms with Crippen LogP contribution >= 0.6 is 11.3 Å². The first-order valence-corrected chi connectivity index (χ1v) is 10.9. The number of carbonyl (C=O) groups is 4. The molecule has 0 aliphatic rings. The summed E-state index contributed by atoms with van der Waals surface area (Å²) in [5.74, 6) is -1.10. The maximum atomic E-state index is 12.3. The van der Waals surface area contributed by atoms with E-state index in [2.05, 4.69) is 10.6 Å². The molecule has 2 N–H and O–H groups in total. The fourth-order valence-corrected chi connectivity index (χ4v) is 3.84. The molecule has 0 unspecified atom stereocenters. The number of benzene rings is 1. The van der Waals surface area contributed by atoms with Crippen LogP contribution in [0.2, 0.25) is 0 Å². The van der Waals surface area contributed by atoms with Gasteiger partial charge in [-0.05, 0) is 43.7 Å². The smallest absolute Gasteiger partial charge is 0.341 e. The molecule has 2 aromatic rings. The normalized spacial score (nSPS) is 10.2. The van der Waals surface area contributed by atoms with Gasteiger partial charge in [-0.3, -0.25) is 14.4 Å². The molecule has 0 bridgehead atoms. The Bertz CT molecular complexity index is 1000. The van der Waals surface area contributed by atoms with E-state index in [9.17, 15) is 19.2 Å². The van der Waals surface area contributed by atoms with Gasteiger partial charge in [0.1, 0.15) is 16.5 Å². The fraction of sp³-hybridized carbons (Fsp3) is 0.364. The van der Waals surface area contributed by atoms with Crippen LogP contribution in [0.15, 0.2) is 24.3 Å². The van der Waals surface area contributed by atoms with E-state index in [0.717, 1.165) is 11.3 Å². The molecule has 0 fully saturated rings. The van der Waals surface area contributed by atoms with Crippen LogP contribution in [-0.4, -0.2) is 57.7 Å². The quantitative estimate of drug-likeness (QED) is 0.472. The lowest BCUT2D eigenvalue weighted by atomic mass is 10.1. The molecule has 2 rings (SSSR count). The Morgan fingerprint density at radius 1 is 1.03 bits per heavy atom. The van der Waals surface area contributed by atoms with Crippen molar-refractivity contribution in [1.29, 1.82) is 0 Å².